The number of nitrogens with two attached hydrogens (primary N) is 1. The molecule has 2 aromatic carbocycles. The highest BCUT2D eigenvalue weighted by molar-refractivity contribution is 5.98. The number of para-hydroxylation sites is 1. The van der Waals surface area contributed by atoms with Gasteiger partial charge in [-0.15, -0.1) is 0 Å². The van der Waals surface area contributed by atoms with Crippen LogP contribution in [0.15, 0.2) is 60.9 Å². The van der Waals surface area contributed by atoms with E-state index in [1.807, 2.05) is 54.6 Å². The predicted molar refractivity (Wildman–Crippen MR) is 102 cm³/mol. The standard InChI is InChI=1S/C19H16N6O3/c20-18-16-17(23-25(10-15(26)24-27)19(16)22-11-21-18)12-6-8-14(9-7-12)28-13-4-2-1-3-5-13/h1-9,11,27H,10H2,(H,24,26)(H2,20,21,22). The van der Waals surface area contributed by atoms with Gasteiger partial charge in [-0.25, -0.2) is 20.1 Å². The first-order chi connectivity index (χ1) is 13.7. The third kappa shape index (κ3) is 3.33. The molecule has 0 aliphatic rings. The topological polar surface area (TPSA) is 128 Å². The molecule has 9 heteroatoms. The Labute approximate surface area is 159 Å². The molecule has 0 unspecified atom stereocenters. The smallest absolute Gasteiger partial charge is 0.265 e. The van der Waals surface area contributed by atoms with Crippen LogP contribution in [-0.4, -0.2) is 30.9 Å². The minimum atomic E-state index is -0.625. The van der Waals surface area contributed by atoms with Gasteiger partial charge in [0.2, 0.25) is 0 Å². The lowest BCUT2D eigenvalue weighted by Crippen LogP contribution is -2.24. The monoisotopic (exact) mass is 376 g/mol. The van der Waals surface area contributed by atoms with Crippen molar-refractivity contribution in [1.82, 2.24) is 25.2 Å². The zero-order valence-electron chi connectivity index (χ0n) is 14.6. The maximum absolute atomic E-state index is 11.6. The lowest BCUT2D eigenvalue weighted by Gasteiger charge is -2.06. The van der Waals surface area contributed by atoms with Gasteiger partial charge in [0.1, 0.15) is 35.9 Å². The average molecular weight is 376 g/mol. The summed E-state index contributed by atoms with van der Waals surface area (Å²) in [6.07, 6.45) is 1.30. The van der Waals surface area contributed by atoms with E-state index < -0.39 is 5.91 Å². The molecule has 0 radical (unpaired) electrons. The van der Waals surface area contributed by atoms with E-state index in [2.05, 4.69) is 15.1 Å². The van der Waals surface area contributed by atoms with E-state index in [0.717, 1.165) is 11.3 Å². The molecule has 1 amide bonds. The molecule has 28 heavy (non-hydrogen) atoms. The number of rotatable bonds is 5. The first-order valence-corrected chi connectivity index (χ1v) is 8.39. The van der Waals surface area contributed by atoms with Crippen LogP contribution in [0, 0.1) is 0 Å². The lowest BCUT2D eigenvalue weighted by molar-refractivity contribution is -0.129. The first-order valence-electron chi connectivity index (χ1n) is 8.39. The highest BCUT2D eigenvalue weighted by Gasteiger charge is 2.18. The first kappa shape index (κ1) is 17.4. The van der Waals surface area contributed by atoms with Gasteiger partial charge in [0, 0.05) is 5.56 Å². The van der Waals surface area contributed by atoms with Gasteiger partial charge in [-0.1, -0.05) is 18.2 Å². The van der Waals surface area contributed by atoms with E-state index in [9.17, 15) is 4.79 Å². The van der Waals surface area contributed by atoms with Crippen LogP contribution in [0.5, 0.6) is 11.5 Å². The third-order valence-electron chi connectivity index (χ3n) is 4.08. The van der Waals surface area contributed by atoms with Gasteiger partial charge in [-0.2, -0.15) is 5.10 Å². The quantitative estimate of drug-likeness (QED) is 0.360. The summed E-state index contributed by atoms with van der Waals surface area (Å²) in [5.41, 5.74) is 9.30. The minimum absolute atomic E-state index is 0.210. The Morgan fingerprint density at radius 1 is 1.07 bits per heavy atom. The average Bonchev–Trinajstić information content (AvgIpc) is 3.09. The second-order valence-corrected chi connectivity index (χ2v) is 5.94. The number of aromatic nitrogens is 4. The second-order valence-electron chi connectivity index (χ2n) is 5.94. The van der Waals surface area contributed by atoms with Crippen molar-refractivity contribution in [2.75, 3.05) is 5.73 Å². The van der Waals surface area contributed by atoms with Crippen molar-refractivity contribution in [3.8, 4) is 22.8 Å². The van der Waals surface area contributed by atoms with Crippen molar-refractivity contribution in [2.24, 2.45) is 0 Å². The Bertz CT molecular complexity index is 1130. The van der Waals surface area contributed by atoms with Crippen molar-refractivity contribution < 1.29 is 14.7 Å². The number of nitrogens with zero attached hydrogens (tertiary/aromatic N) is 4. The maximum atomic E-state index is 11.6. The van der Waals surface area contributed by atoms with Gasteiger partial charge >= 0.3 is 0 Å². The Kier molecular flexibility index (Phi) is 4.56. The Morgan fingerprint density at radius 3 is 2.50 bits per heavy atom. The van der Waals surface area contributed by atoms with E-state index in [1.165, 1.54) is 11.0 Å². The van der Waals surface area contributed by atoms with Gasteiger partial charge in [-0.3, -0.25) is 10.0 Å². The highest BCUT2D eigenvalue weighted by atomic mass is 16.5. The molecule has 0 bridgehead atoms. The summed E-state index contributed by atoms with van der Waals surface area (Å²) in [6, 6.07) is 16.7. The van der Waals surface area contributed by atoms with E-state index in [-0.39, 0.29) is 12.4 Å². The Balaban J connectivity index is 1.71. The van der Waals surface area contributed by atoms with Crippen molar-refractivity contribution in [3.05, 3.63) is 60.9 Å². The number of nitrogen functional groups attached to an aromatic ring is 1. The number of hydrogen-bond donors (Lipinski definition) is 3. The zero-order chi connectivity index (χ0) is 19.5. The summed E-state index contributed by atoms with van der Waals surface area (Å²) < 4.78 is 7.16. The fourth-order valence-electron chi connectivity index (χ4n) is 2.82. The van der Waals surface area contributed by atoms with Gasteiger partial charge in [0.05, 0.1) is 5.39 Å². The summed E-state index contributed by atoms with van der Waals surface area (Å²) in [5.74, 6) is 1.03. The van der Waals surface area contributed by atoms with Crippen LogP contribution in [0.3, 0.4) is 0 Å². The summed E-state index contributed by atoms with van der Waals surface area (Å²) in [6.45, 7) is -0.210. The summed E-state index contributed by atoms with van der Waals surface area (Å²) in [5, 5.41) is 13.8. The van der Waals surface area contributed by atoms with Crippen molar-refractivity contribution >= 4 is 22.8 Å². The SMILES string of the molecule is Nc1ncnc2c1c(-c1ccc(Oc3ccccc3)cc1)nn2CC(=O)NO. The number of amides is 1. The van der Waals surface area contributed by atoms with Gasteiger partial charge < -0.3 is 10.5 Å². The summed E-state index contributed by atoms with van der Waals surface area (Å²) >= 11 is 0. The summed E-state index contributed by atoms with van der Waals surface area (Å²) in [7, 11) is 0. The molecule has 0 saturated heterocycles. The Morgan fingerprint density at radius 2 is 1.79 bits per heavy atom. The molecule has 140 valence electrons. The molecular formula is C19H16N6O3. The zero-order valence-corrected chi connectivity index (χ0v) is 14.6. The number of hydrogen-bond acceptors (Lipinski definition) is 7. The lowest BCUT2D eigenvalue weighted by atomic mass is 10.1. The number of fused-ring (bicyclic) bond motifs is 1. The van der Waals surface area contributed by atoms with Gasteiger partial charge in [0.15, 0.2) is 5.65 Å². The van der Waals surface area contributed by atoms with Crippen LogP contribution in [0.25, 0.3) is 22.3 Å². The Hall–Kier alpha value is -3.98. The predicted octanol–water partition coefficient (Wildman–Crippen LogP) is 2.37. The number of hydroxylamine groups is 1. The molecular weight excluding hydrogens is 360 g/mol. The summed E-state index contributed by atoms with van der Waals surface area (Å²) in [4.78, 5) is 19.8. The van der Waals surface area contributed by atoms with E-state index in [1.54, 1.807) is 5.48 Å². The molecule has 4 aromatic rings. The third-order valence-corrected chi connectivity index (χ3v) is 4.08. The van der Waals surface area contributed by atoms with Crippen LogP contribution in [0.1, 0.15) is 0 Å². The molecule has 2 heterocycles. The molecule has 0 aliphatic carbocycles. The second kappa shape index (κ2) is 7.33. The van der Waals surface area contributed by atoms with E-state index in [0.29, 0.717) is 22.5 Å². The van der Waals surface area contributed by atoms with Crippen LogP contribution in [-0.2, 0) is 11.3 Å². The van der Waals surface area contributed by atoms with Crippen molar-refractivity contribution in [1.29, 1.82) is 0 Å². The van der Waals surface area contributed by atoms with E-state index in [4.69, 9.17) is 15.7 Å². The fourth-order valence-corrected chi connectivity index (χ4v) is 2.82. The fraction of sp³-hybridized carbons (Fsp3) is 0.0526. The number of benzene rings is 2. The highest BCUT2D eigenvalue weighted by Crippen LogP contribution is 2.31. The van der Waals surface area contributed by atoms with Crippen LogP contribution < -0.4 is 16.0 Å². The molecule has 0 fully saturated rings. The normalized spacial score (nSPS) is 10.8. The number of anilines is 1. The van der Waals surface area contributed by atoms with Crippen molar-refractivity contribution in [3.63, 3.8) is 0 Å². The van der Waals surface area contributed by atoms with Crippen LogP contribution in [0.2, 0.25) is 0 Å². The van der Waals surface area contributed by atoms with Crippen molar-refractivity contribution in [2.45, 2.75) is 6.54 Å². The van der Waals surface area contributed by atoms with E-state index >= 15 is 0 Å². The molecule has 4 N–H and O–H groups in total. The van der Waals surface area contributed by atoms with Crippen LogP contribution in [0.4, 0.5) is 5.82 Å². The van der Waals surface area contributed by atoms with Gasteiger partial charge in [0.25, 0.3) is 5.91 Å². The molecule has 0 aliphatic heterocycles. The number of nitrogens with one attached hydrogen (secondary N) is 1. The number of carbonyl (C=O) groups is 1. The number of carbonyl (C=O) groups excluding carboxylic acids is 1. The molecule has 4 rings (SSSR count). The molecule has 0 atom stereocenters. The number of ether oxygens (including phenoxy) is 1. The molecule has 2 aromatic heterocycles. The molecule has 0 saturated carbocycles. The van der Waals surface area contributed by atoms with Gasteiger partial charge in [-0.05, 0) is 36.4 Å². The largest absolute Gasteiger partial charge is 0.457 e. The molecule has 9 nitrogen and oxygen atoms in total. The molecule has 0 spiro atoms. The maximum Gasteiger partial charge on any atom is 0.265 e. The van der Waals surface area contributed by atoms with Crippen LogP contribution >= 0.6 is 0 Å². The minimum Gasteiger partial charge on any atom is -0.457 e.